The summed E-state index contributed by atoms with van der Waals surface area (Å²) in [5.74, 6) is 0.0103. The minimum Gasteiger partial charge on any atom is -0.494 e. The van der Waals surface area contributed by atoms with Gasteiger partial charge < -0.3 is 10.1 Å². The highest BCUT2D eigenvalue weighted by molar-refractivity contribution is 6.46. The number of benzene rings is 3. The molecule has 0 aliphatic carbocycles. The van der Waals surface area contributed by atoms with Crippen molar-refractivity contribution < 1.29 is 14.3 Å². The van der Waals surface area contributed by atoms with Gasteiger partial charge in [0.25, 0.3) is 11.8 Å². The second kappa shape index (κ2) is 9.56. The van der Waals surface area contributed by atoms with Gasteiger partial charge >= 0.3 is 0 Å². The summed E-state index contributed by atoms with van der Waals surface area (Å²) in [6, 6.07) is 19.1. The fourth-order valence-electron chi connectivity index (χ4n) is 4.33. The van der Waals surface area contributed by atoms with Crippen LogP contribution in [0.4, 0.5) is 11.4 Å². The van der Waals surface area contributed by atoms with Crippen LogP contribution in [0.3, 0.4) is 0 Å². The fourth-order valence-corrected chi connectivity index (χ4v) is 4.33. The van der Waals surface area contributed by atoms with Gasteiger partial charge in [-0.25, -0.2) is 4.90 Å². The molecule has 34 heavy (non-hydrogen) atoms. The van der Waals surface area contributed by atoms with Crippen LogP contribution in [-0.4, -0.2) is 18.4 Å². The lowest BCUT2D eigenvalue weighted by Crippen LogP contribution is -2.32. The zero-order valence-corrected chi connectivity index (χ0v) is 20.4. The number of hydrogen-bond donors (Lipinski definition) is 1. The molecule has 5 nitrogen and oxygen atoms in total. The average Bonchev–Trinajstić information content (AvgIpc) is 3.01. The van der Waals surface area contributed by atoms with Gasteiger partial charge in [0.2, 0.25) is 0 Å². The van der Waals surface area contributed by atoms with E-state index in [0.717, 1.165) is 34.2 Å². The molecule has 1 heterocycles. The van der Waals surface area contributed by atoms with E-state index in [2.05, 4.69) is 5.32 Å². The first-order chi connectivity index (χ1) is 16.3. The smallest absolute Gasteiger partial charge is 0.282 e. The van der Waals surface area contributed by atoms with Crippen LogP contribution >= 0.6 is 0 Å². The Morgan fingerprint density at radius 3 is 2.24 bits per heavy atom. The fraction of sp³-hybridized carbons (Fsp3) is 0.241. The molecule has 0 unspecified atom stereocenters. The number of carbonyl (C=O) groups is 2. The van der Waals surface area contributed by atoms with Gasteiger partial charge in [0.1, 0.15) is 11.4 Å². The van der Waals surface area contributed by atoms with E-state index in [9.17, 15) is 9.59 Å². The zero-order valence-electron chi connectivity index (χ0n) is 20.4. The lowest BCUT2D eigenvalue weighted by molar-refractivity contribution is -0.120. The third kappa shape index (κ3) is 4.60. The molecule has 174 valence electrons. The molecule has 0 radical (unpaired) electrons. The van der Waals surface area contributed by atoms with Gasteiger partial charge in [0, 0.05) is 11.8 Å². The molecular formula is C29H30N2O3. The average molecular weight is 455 g/mol. The summed E-state index contributed by atoms with van der Waals surface area (Å²) in [5, 5.41) is 3.24. The van der Waals surface area contributed by atoms with Crippen molar-refractivity contribution in [2.24, 2.45) is 0 Å². The Labute approximate surface area is 201 Å². The quantitative estimate of drug-likeness (QED) is 0.438. The number of nitrogens with one attached hydrogen (secondary N) is 1. The number of amides is 2. The summed E-state index contributed by atoms with van der Waals surface area (Å²) in [4.78, 5) is 28.8. The van der Waals surface area contributed by atoms with Crippen LogP contribution in [0.5, 0.6) is 5.75 Å². The maximum atomic E-state index is 13.8. The number of carbonyl (C=O) groups excluding carboxylic acids is 2. The Bertz CT molecular complexity index is 1290. The van der Waals surface area contributed by atoms with Gasteiger partial charge in [-0.15, -0.1) is 0 Å². The molecule has 5 heteroatoms. The largest absolute Gasteiger partial charge is 0.494 e. The number of aryl methyl sites for hydroxylation is 4. The van der Waals surface area contributed by atoms with E-state index in [0.29, 0.717) is 29.3 Å². The molecule has 3 aromatic rings. The maximum absolute atomic E-state index is 13.8. The SMILES string of the molecule is CCCOc1cccc(NC2=C(c3ccc(C)cc3C)C(=O)N(c3cc(C)cc(C)c3)C2=O)c1. The second-order valence-electron chi connectivity index (χ2n) is 8.86. The zero-order chi connectivity index (χ0) is 24.4. The first-order valence-electron chi connectivity index (χ1n) is 11.6. The lowest BCUT2D eigenvalue weighted by Gasteiger charge is -2.17. The number of hydrogen-bond acceptors (Lipinski definition) is 4. The summed E-state index contributed by atoms with van der Waals surface area (Å²) in [6.45, 7) is 10.5. The minimum atomic E-state index is -0.371. The number of nitrogens with zero attached hydrogens (tertiary/aromatic N) is 1. The van der Waals surface area contributed by atoms with Gasteiger partial charge in [0.15, 0.2) is 0 Å². The van der Waals surface area contributed by atoms with Gasteiger partial charge in [-0.1, -0.05) is 42.8 Å². The van der Waals surface area contributed by atoms with E-state index >= 15 is 0 Å². The molecule has 4 rings (SSSR count). The van der Waals surface area contributed by atoms with Gasteiger partial charge in [-0.2, -0.15) is 0 Å². The topological polar surface area (TPSA) is 58.6 Å². The molecule has 1 N–H and O–H groups in total. The monoisotopic (exact) mass is 454 g/mol. The molecule has 3 aromatic carbocycles. The standard InChI is InChI=1S/C29H30N2O3/c1-6-12-34-24-9-7-8-22(17-24)30-27-26(25-11-10-18(2)14-21(25)5)28(32)31(29(27)33)23-15-19(3)13-20(4)16-23/h7-11,13-17,30H,6,12H2,1-5H3. The van der Waals surface area contributed by atoms with Crippen LogP contribution < -0.4 is 15.0 Å². The van der Waals surface area contributed by atoms with Crippen molar-refractivity contribution in [1.82, 2.24) is 0 Å². The molecule has 0 saturated heterocycles. The maximum Gasteiger partial charge on any atom is 0.282 e. The van der Waals surface area contributed by atoms with E-state index in [1.165, 1.54) is 4.90 Å². The Balaban J connectivity index is 1.82. The predicted octanol–water partition coefficient (Wildman–Crippen LogP) is 6.11. The minimum absolute atomic E-state index is 0.267. The number of ether oxygens (including phenoxy) is 1. The van der Waals surface area contributed by atoms with Crippen molar-refractivity contribution >= 4 is 28.8 Å². The van der Waals surface area contributed by atoms with Crippen LogP contribution in [0.2, 0.25) is 0 Å². The summed E-state index contributed by atoms with van der Waals surface area (Å²) in [7, 11) is 0. The molecule has 0 saturated carbocycles. The predicted molar refractivity (Wildman–Crippen MR) is 137 cm³/mol. The number of imide groups is 1. The van der Waals surface area contributed by atoms with E-state index in [1.54, 1.807) is 0 Å². The van der Waals surface area contributed by atoms with E-state index in [-0.39, 0.29) is 17.5 Å². The normalized spacial score (nSPS) is 13.6. The first-order valence-corrected chi connectivity index (χ1v) is 11.6. The summed E-state index contributed by atoms with van der Waals surface area (Å²) in [5.41, 5.74) is 6.68. The van der Waals surface area contributed by atoms with Gasteiger partial charge in [-0.3, -0.25) is 9.59 Å². The Kier molecular flexibility index (Phi) is 6.55. The summed E-state index contributed by atoms with van der Waals surface area (Å²) >= 11 is 0. The number of anilines is 2. The molecule has 0 bridgehead atoms. The molecule has 1 aliphatic rings. The lowest BCUT2D eigenvalue weighted by atomic mass is 9.97. The van der Waals surface area contributed by atoms with Crippen LogP contribution in [0.25, 0.3) is 5.57 Å². The first kappa shape index (κ1) is 23.3. The molecule has 0 aromatic heterocycles. The third-order valence-corrected chi connectivity index (χ3v) is 5.78. The van der Waals surface area contributed by atoms with E-state index in [1.807, 2.05) is 95.3 Å². The van der Waals surface area contributed by atoms with E-state index < -0.39 is 0 Å². The van der Waals surface area contributed by atoms with Crippen molar-refractivity contribution in [1.29, 1.82) is 0 Å². The van der Waals surface area contributed by atoms with Crippen molar-refractivity contribution in [2.75, 3.05) is 16.8 Å². The highest BCUT2D eigenvalue weighted by Gasteiger charge is 2.40. The Morgan fingerprint density at radius 1 is 0.824 bits per heavy atom. The molecule has 2 amide bonds. The van der Waals surface area contributed by atoms with Crippen molar-refractivity contribution in [3.63, 3.8) is 0 Å². The van der Waals surface area contributed by atoms with Crippen molar-refractivity contribution in [3.8, 4) is 5.75 Å². The molecular weight excluding hydrogens is 424 g/mol. The Hall–Kier alpha value is -3.86. The van der Waals surface area contributed by atoms with E-state index in [4.69, 9.17) is 4.74 Å². The van der Waals surface area contributed by atoms with Crippen molar-refractivity contribution in [2.45, 2.75) is 41.0 Å². The third-order valence-electron chi connectivity index (χ3n) is 5.78. The molecule has 0 spiro atoms. The van der Waals surface area contributed by atoms with Gasteiger partial charge in [0.05, 0.1) is 17.9 Å². The highest BCUT2D eigenvalue weighted by Crippen LogP contribution is 2.36. The molecule has 0 atom stereocenters. The summed E-state index contributed by atoms with van der Waals surface area (Å²) in [6.07, 6.45) is 0.900. The van der Waals surface area contributed by atoms with Crippen LogP contribution in [0.1, 0.15) is 41.2 Å². The second-order valence-corrected chi connectivity index (χ2v) is 8.86. The molecule has 0 fully saturated rings. The Morgan fingerprint density at radius 2 is 1.56 bits per heavy atom. The summed E-state index contributed by atoms with van der Waals surface area (Å²) < 4.78 is 5.75. The number of rotatable bonds is 7. The van der Waals surface area contributed by atoms with Crippen LogP contribution in [0, 0.1) is 27.7 Å². The van der Waals surface area contributed by atoms with Crippen LogP contribution in [0.15, 0.2) is 66.4 Å². The van der Waals surface area contributed by atoms with Gasteiger partial charge in [-0.05, 0) is 80.6 Å². The van der Waals surface area contributed by atoms with Crippen molar-refractivity contribution in [3.05, 3.63) is 94.2 Å². The van der Waals surface area contributed by atoms with Crippen LogP contribution in [-0.2, 0) is 9.59 Å². The highest BCUT2D eigenvalue weighted by atomic mass is 16.5. The molecule has 1 aliphatic heterocycles.